The highest BCUT2D eigenvalue weighted by Crippen LogP contribution is 2.06. The van der Waals surface area contributed by atoms with Gasteiger partial charge in [0, 0.05) is 0 Å². The minimum atomic E-state index is -0.697. The lowest BCUT2D eigenvalue weighted by atomic mass is 10.2. The summed E-state index contributed by atoms with van der Waals surface area (Å²) in [6, 6.07) is -0.134. The first-order valence-electron chi connectivity index (χ1n) is 2.59. The third-order valence-corrected chi connectivity index (χ3v) is 1.34. The minimum Gasteiger partial charge on any atom is -1.00 e. The summed E-state index contributed by atoms with van der Waals surface area (Å²) in [5.41, 5.74) is 3.57. The van der Waals surface area contributed by atoms with Crippen LogP contribution < -0.4 is 18.1 Å². The van der Waals surface area contributed by atoms with E-state index in [0.717, 1.165) is 0 Å². The molecule has 1 aliphatic carbocycles. The molecule has 3 atom stereocenters. The Morgan fingerprint density at radius 3 is 1.89 bits per heavy atom. The highest BCUT2D eigenvalue weighted by atomic mass is 35.5. The monoisotopic (exact) mass is 151 g/mol. The number of hydrogen-bond acceptors (Lipinski definition) is 2. The smallest absolute Gasteiger partial charge is 0.139 e. The van der Waals surface area contributed by atoms with Gasteiger partial charge in [-0.25, -0.2) is 0 Å². The van der Waals surface area contributed by atoms with Crippen LogP contribution in [0.1, 0.15) is 0 Å². The average Bonchev–Trinajstić information content (AvgIpc) is 1.98. The first-order chi connectivity index (χ1) is 3.72. The molecule has 0 aromatic heterocycles. The Labute approximate surface area is 59.6 Å². The van der Waals surface area contributed by atoms with E-state index in [4.69, 9.17) is 10.2 Å². The minimum absolute atomic E-state index is 0. The molecule has 0 bridgehead atoms. The SMILES string of the molecule is [Cl-].[NH3+][C@H]1C=C[C@H](O)[C@@H]1O. The largest absolute Gasteiger partial charge is 1.00 e. The van der Waals surface area contributed by atoms with Crippen LogP contribution in [0, 0.1) is 0 Å². The predicted octanol–water partition coefficient (Wildman–Crippen LogP) is -5.11. The zero-order valence-electron chi connectivity index (χ0n) is 4.87. The van der Waals surface area contributed by atoms with Gasteiger partial charge in [-0.15, -0.1) is 0 Å². The van der Waals surface area contributed by atoms with Gasteiger partial charge in [-0.1, -0.05) is 6.08 Å². The highest BCUT2D eigenvalue weighted by molar-refractivity contribution is 5.07. The lowest BCUT2D eigenvalue weighted by Crippen LogP contribution is -3.00. The Balaban J connectivity index is 0.000000640. The molecule has 0 saturated carbocycles. The number of rotatable bonds is 0. The van der Waals surface area contributed by atoms with Gasteiger partial charge >= 0.3 is 0 Å². The molecule has 54 valence electrons. The van der Waals surface area contributed by atoms with E-state index >= 15 is 0 Å². The van der Waals surface area contributed by atoms with Crippen molar-refractivity contribution in [1.82, 2.24) is 0 Å². The molecule has 1 aliphatic rings. The Hall–Kier alpha value is -0.0900. The van der Waals surface area contributed by atoms with E-state index in [1.165, 1.54) is 0 Å². The molecule has 0 aromatic carbocycles. The second-order valence-electron chi connectivity index (χ2n) is 2.03. The second kappa shape index (κ2) is 3.17. The predicted molar refractivity (Wildman–Crippen MR) is 27.8 cm³/mol. The molecule has 0 unspecified atom stereocenters. The van der Waals surface area contributed by atoms with Gasteiger partial charge in [0.2, 0.25) is 0 Å². The van der Waals surface area contributed by atoms with Crippen LogP contribution in [-0.2, 0) is 0 Å². The van der Waals surface area contributed by atoms with E-state index in [1.54, 1.807) is 12.2 Å². The molecule has 0 fully saturated rings. The van der Waals surface area contributed by atoms with Gasteiger partial charge in [-0.3, -0.25) is 0 Å². The Kier molecular flexibility index (Phi) is 3.14. The molecular weight excluding hydrogens is 142 g/mol. The normalized spacial score (nSPS) is 40.6. The van der Waals surface area contributed by atoms with Gasteiger partial charge in [0.15, 0.2) is 0 Å². The first kappa shape index (κ1) is 8.91. The fourth-order valence-corrected chi connectivity index (χ4v) is 0.738. The van der Waals surface area contributed by atoms with Crippen LogP contribution in [0.25, 0.3) is 0 Å². The summed E-state index contributed by atoms with van der Waals surface area (Å²) in [7, 11) is 0. The molecule has 0 spiro atoms. The maximum atomic E-state index is 8.89. The summed E-state index contributed by atoms with van der Waals surface area (Å²) >= 11 is 0. The van der Waals surface area contributed by atoms with E-state index in [2.05, 4.69) is 5.73 Å². The van der Waals surface area contributed by atoms with Crippen LogP contribution in [0.2, 0.25) is 0 Å². The Morgan fingerprint density at radius 2 is 1.78 bits per heavy atom. The van der Waals surface area contributed by atoms with Crippen molar-refractivity contribution in [2.24, 2.45) is 0 Å². The van der Waals surface area contributed by atoms with Gasteiger partial charge in [-0.2, -0.15) is 0 Å². The van der Waals surface area contributed by atoms with E-state index < -0.39 is 12.2 Å². The Bertz CT molecular complexity index is 106. The molecule has 4 heteroatoms. The average molecular weight is 152 g/mol. The number of quaternary nitrogens is 1. The van der Waals surface area contributed by atoms with Gasteiger partial charge < -0.3 is 28.4 Å². The standard InChI is InChI=1S/C5H9NO2.ClH/c6-3-1-2-4(7)5(3)8;/h1-5,7-8H,6H2;1H/t3-,4-,5+;/m0./s1. The summed E-state index contributed by atoms with van der Waals surface area (Å²) in [4.78, 5) is 0. The summed E-state index contributed by atoms with van der Waals surface area (Å²) in [6.07, 6.45) is 1.88. The molecular formula is C5H10ClNO2. The fourth-order valence-electron chi connectivity index (χ4n) is 0.738. The number of aliphatic hydroxyl groups excluding tert-OH is 2. The third-order valence-electron chi connectivity index (χ3n) is 1.34. The van der Waals surface area contributed by atoms with Crippen molar-refractivity contribution in [2.45, 2.75) is 18.2 Å². The molecule has 3 nitrogen and oxygen atoms in total. The molecule has 9 heavy (non-hydrogen) atoms. The molecule has 0 amide bonds. The molecule has 0 heterocycles. The van der Waals surface area contributed by atoms with E-state index in [9.17, 15) is 0 Å². The lowest BCUT2D eigenvalue weighted by Gasteiger charge is -2.07. The van der Waals surface area contributed by atoms with Crippen molar-refractivity contribution in [2.75, 3.05) is 0 Å². The summed E-state index contributed by atoms with van der Waals surface area (Å²) in [5.74, 6) is 0. The lowest BCUT2D eigenvalue weighted by molar-refractivity contribution is -0.420. The maximum absolute atomic E-state index is 8.89. The summed E-state index contributed by atoms with van der Waals surface area (Å²) in [6.45, 7) is 0. The quantitative estimate of drug-likeness (QED) is 0.303. The summed E-state index contributed by atoms with van der Waals surface area (Å²) in [5, 5.41) is 17.7. The molecule has 1 rings (SSSR count). The van der Waals surface area contributed by atoms with Crippen molar-refractivity contribution >= 4 is 0 Å². The van der Waals surface area contributed by atoms with Crippen LogP contribution in [0.15, 0.2) is 12.2 Å². The van der Waals surface area contributed by atoms with Gasteiger partial charge in [0.05, 0.1) is 0 Å². The zero-order valence-corrected chi connectivity index (χ0v) is 5.62. The van der Waals surface area contributed by atoms with Gasteiger partial charge in [0.1, 0.15) is 18.2 Å². The van der Waals surface area contributed by atoms with Crippen molar-refractivity contribution < 1.29 is 28.4 Å². The molecule has 0 saturated heterocycles. The van der Waals surface area contributed by atoms with Crippen molar-refractivity contribution in [3.63, 3.8) is 0 Å². The topological polar surface area (TPSA) is 68.1 Å². The molecule has 0 aliphatic heterocycles. The second-order valence-corrected chi connectivity index (χ2v) is 2.03. The van der Waals surface area contributed by atoms with Crippen molar-refractivity contribution in [3.05, 3.63) is 12.2 Å². The van der Waals surface area contributed by atoms with E-state index in [1.807, 2.05) is 0 Å². The van der Waals surface area contributed by atoms with E-state index in [-0.39, 0.29) is 18.4 Å². The van der Waals surface area contributed by atoms with Crippen LogP contribution in [0.4, 0.5) is 0 Å². The number of aliphatic hydroxyl groups is 2. The van der Waals surface area contributed by atoms with Crippen molar-refractivity contribution in [1.29, 1.82) is 0 Å². The summed E-state index contributed by atoms with van der Waals surface area (Å²) < 4.78 is 0. The first-order valence-corrected chi connectivity index (χ1v) is 2.59. The van der Waals surface area contributed by atoms with Crippen LogP contribution in [0.3, 0.4) is 0 Å². The van der Waals surface area contributed by atoms with Crippen LogP contribution in [0.5, 0.6) is 0 Å². The molecule has 0 radical (unpaired) electrons. The van der Waals surface area contributed by atoms with Crippen molar-refractivity contribution in [3.8, 4) is 0 Å². The number of hydrogen-bond donors (Lipinski definition) is 3. The highest BCUT2D eigenvalue weighted by Gasteiger charge is 2.27. The molecule has 5 N–H and O–H groups in total. The van der Waals surface area contributed by atoms with Crippen LogP contribution >= 0.6 is 0 Å². The number of halogens is 1. The van der Waals surface area contributed by atoms with Gasteiger partial charge in [0.25, 0.3) is 0 Å². The van der Waals surface area contributed by atoms with E-state index in [0.29, 0.717) is 0 Å². The Morgan fingerprint density at radius 1 is 1.22 bits per heavy atom. The third kappa shape index (κ3) is 1.66. The van der Waals surface area contributed by atoms with Crippen LogP contribution in [-0.4, -0.2) is 28.5 Å². The molecule has 0 aromatic rings. The maximum Gasteiger partial charge on any atom is 0.139 e. The fraction of sp³-hybridized carbons (Fsp3) is 0.600. The van der Waals surface area contributed by atoms with Gasteiger partial charge in [-0.05, 0) is 6.08 Å². The zero-order chi connectivity index (χ0) is 6.15.